The van der Waals surface area contributed by atoms with Crippen LogP contribution in [0, 0.1) is 0 Å². The molecule has 0 aliphatic rings. The van der Waals surface area contributed by atoms with Gasteiger partial charge in [0.1, 0.15) is 23.8 Å². The highest BCUT2D eigenvalue weighted by Gasteiger charge is 2.07. The zero-order chi connectivity index (χ0) is 19.6. The summed E-state index contributed by atoms with van der Waals surface area (Å²) in [5, 5.41) is 6.01. The van der Waals surface area contributed by atoms with Crippen LogP contribution in [0.4, 0.5) is 5.69 Å². The molecule has 0 saturated heterocycles. The third-order valence-electron chi connectivity index (χ3n) is 3.91. The summed E-state index contributed by atoms with van der Waals surface area (Å²) in [7, 11) is 1.63. The molecule has 2 N–H and O–H groups in total. The predicted molar refractivity (Wildman–Crippen MR) is 107 cm³/mol. The van der Waals surface area contributed by atoms with Gasteiger partial charge in [-0.25, -0.2) is 4.98 Å². The van der Waals surface area contributed by atoms with E-state index in [4.69, 9.17) is 9.47 Å². The van der Waals surface area contributed by atoms with E-state index < -0.39 is 0 Å². The molecule has 1 aromatic carbocycles. The molecule has 0 aliphatic heterocycles. The zero-order valence-electron chi connectivity index (χ0n) is 15.6. The molecule has 7 heteroatoms. The number of amides is 1. The Morgan fingerprint density at radius 1 is 1.00 bits per heavy atom. The molecule has 144 valence electrons. The van der Waals surface area contributed by atoms with Crippen LogP contribution in [-0.2, 0) is 6.54 Å². The Balaban J connectivity index is 1.40. The first-order valence-electron chi connectivity index (χ1n) is 8.89. The van der Waals surface area contributed by atoms with Gasteiger partial charge in [-0.05, 0) is 48.5 Å². The number of rotatable bonds is 9. The maximum absolute atomic E-state index is 12.1. The number of pyridine rings is 2. The molecule has 1 amide bonds. The molecule has 0 unspecified atom stereocenters. The zero-order valence-corrected chi connectivity index (χ0v) is 15.6. The highest BCUT2D eigenvalue weighted by molar-refractivity contribution is 5.92. The van der Waals surface area contributed by atoms with Gasteiger partial charge in [-0.1, -0.05) is 6.07 Å². The number of benzene rings is 1. The minimum absolute atomic E-state index is 0.236. The van der Waals surface area contributed by atoms with Crippen molar-refractivity contribution in [3.8, 4) is 11.5 Å². The quantitative estimate of drug-likeness (QED) is 0.557. The van der Waals surface area contributed by atoms with Crippen LogP contribution in [0.2, 0.25) is 0 Å². The molecular formula is C21H22N4O3. The molecule has 28 heavy (non-hydrogen) atoms. The van der Waals surface area contributed by atoms with Crippen LogP contribution >= 0.6 is 0 Å². The molecule has 0 fully saturated rings. The van der Waals surface area contributed by atoms with Crippen molar-refractivity contribution in [2.24, 2.45) is 0 Å². The summed E-state index contributed by atoms with van der Waals surface area (Å²) in [6.07, 6.45) is 3.32. The second-order valence-electron chi connectivity index (χ2n) is 5.89. The van der Waals surface area contributed by atoms with E-state index in [1.807, 2.05) is 48.5 Å². The van der Waals surface area contributed by atoms with Crippen LogP contribution in [-0.4, -0.2) is 36.1 Å². The number of carbonyl (C=O) groups excluding carboxylic acids is 1. The van der Waals surface area contributed by atoms with Gasteiger partial charge in [-0.3, -0.25) is 9.78 Å². The summed E-state index contributed by atoms with van der Waals surface area (Å²) < 4.78 is 10.8. The van der Waals surface area contributed by atoms with E-state index in [2.05, 4.69) is 20.6 Å². The van der Waals surface area contributed by atoms with E-state index in [-0.39, 0.29) is 5.91 Å². The molecule has 0 spiro atoms. The molecule has 0 bridgehead atoms. The van der Waals surface area contributed by atoms with Crippen molar-refractivity contribution in [1.29, 1.82) is 0 Å². The fourth-order valence-corrected chi connectivity index (χ4v) is 2.43. The molecule has 3 rings (SSSR count). The Kier molecular flexibility index (Phi) is 6.78. The molecular weight excluding hydrogens is 356 g/mol. The van der Waals surface area contributed by atoms with Crippen LogP contribution in [0.15, 0.2) is 67.0 Å². The van der Waals surface area contributed by atoms with Crippen molar-refractivity contribution in [2.45, 2.75) is 6.54 Å². The average Bonchev–Trinajstić information content (AvgIpc) is 2.76. The maximum Gasteiger partial charge on any atom is 0.270 e. The normalized spacial score (nSPS) is 10.2. The maximum atomic E-state index is 12.1. The first kappa shape index (κ1) is 19.2. The first-order valence-corrected chi connectivity index (χ1v) is 8.89. The Hall–Kier alpha value is -3.61. The van der Waals surface area contributed by atoms with Gasteiger partial charge in [-0.15, -0.1) is 0 Å². The lowest BCUT2D eigenvalue weighted by Crippen LogP contribution is -2.24. The standard InChI is InChI=1S/C21H22N4O3/c1-27-18-6-8-19(9-7-18)28-13-12-23-17-5-10-20(24-14-17)21(26)25-15-16-4-2-3-11-22-16/h2-11,14,23H,12-13,15H2,1H3,(H,25,26). The second-order valence-corrected chi connectivity index (χ2v) is 5.89. The van der Waals surface area contributed by atoms with E-state index in [1.165, 1.54) is 0 Å². The minimum atomic E-state index is -0.236. The van der Waals surface area contributed by atoms with Gasteiger partial charge in [0.25, 0.3) is 5.91 Å². The van der Waals surface area contributed by atoms with Crippen molar-refractivity contribution >= 4 is 11.6 Å². The fraction of sp³-hybridized carbons (Fsp3) is 0.190. The summed E-state index contributed by atoms with van der Waals surface area (Å²) in [5.74, 6) is 1.33. The molecule has 2 aromatic heterocycles. The highest BCUT2D eigenvalue weighted by Crippen LogP contribution is 2.16. The third kappa shape index (κ3) is 5.70. The Bertz CT molecular complexity index is 868. The van der Waals surface area contributed by atoms with Crippen molar-refractivity contribution in [3.05, 3.63) is 78.4 Å². The SMILES string of the molecule is COc1ccc(OCCNc2ccc(C(=O)NCc3ccccn3)nc2)cc1. The van der Waals surface area contributed by atoms with Gasteiger partial charge in [0, 0.05) is 12.7 Å². The minimum Gasteiger partial charge on any atom is -0.497 e. The lowest BCUT2D eigenvalue weighted by atomic mass is 10.3. The Morgan fingerprint density at radius 3 is 2.50 bits per heavy atom. The second kappa shape index (κ2) is 9.91. The van der Waals surface area contributed by atoms with Crippen molar-refractivity contribution < 1.29 is 14.3 Å². The van der Waals surface area contributed by atoms with E-state index in [0.717, 1.165) is 22.9 Å². The van der Waals surface area contributed by atoms with Crippen molar-refractivity contribution in [2.75, 3.05) is 25.6 Å². The van der Waals surface area contributed by atoms with Gasteiger partial charge in [0.15, 0.2) is 0 Å². The number of hydrogen-bond acceptors (Lipinski definition) is 6. The number of methoxy groups -OCH3 is 1. The lowest BCUT2D eigenvalue weighted by Gasteiger charge is -2.09. The molecule has 0 radical (unpaired) electrons. The number of anilines is 1. The molecule has 2 heterocycles. The van der Waals surface area contributed by atoms with Crippen LogP contribution in [0.3, 0.4) is 0 Å². The summed E-state index contributed by atoms with van der Waals surface area (Å²) in [4.78, 5) is 20.5. The topological polar surface area (TPSA) is 85.4 Å². The van der Waals surface area contributed by atoms with Gasteiger partial charge in [0.05, 0.1) is 31.2 Å². The van der Waals surface area contributed by atoms with Crippen LogP contribution in [0.25, 0.3) is 0 Å². The molecule has 3 aromatic rings. The molecule has 0 aliphatic carbocycles. The first-order chi connectivity index (χ1) is 13.7. The Labute approximate surface area is 163 Å². The van der Waals surface area contributed by atoms with Crippen molar-refractivity contribution in [1.82, 2.24) is 15.3 Å². The van der Waals surface area contributed by atoms with E-state index in [1.54, 1.807) is 25.6 Å². The van der Waals surface area contributed by atoms with Crippen LogP contribution < -0.4 is 20.1 Å². The Morgan fingerprint density at radius 2 is 1.82 bits per heavy atom. The number of hydrogen-bond donors (Lipinski definition) is 2. The monoisotopic (exact) mass is 378 g/mol. The number of carbonyl (C=O) groups is 1. The van der Waals surface area contributed by atoms with E-state index in [0.29, 0.717) is 25.4 Å². The smallest absolute Gasteiger partial charge is 0.270 e. The highest BCUT2D eigenvalue weighted by atomic mass is 16.5. The largest absolute Gasteiger partial charge is 0.497 e. The lowest BCUT2D eigenvalue weighted by molar-refractivity contribution is 0.0945. The summed E-state index contributed by atoms with van der Waals surface area (Å²) >= 11 is 0. The van der Waals surface area contributed by atoms with E-state index >= 15 is 0 Å². The summed E-state index contributed by atoms with van der Waals surface area (Å²) in [6.45, 7) is 1.47. The van der Waals surface area contributed by atoms with Gasteiger partial charge in [-0.2, -0.15) is 0 Å². The van der Waals surface area contributed by atoms with Crippen molar-refractivity contribution in [3.63, 3.8) is 0 Å². The van der Waals surface area contributed by atoms with Gasteiger partial charge in [0.2, 0.25) is 0 Å². The molecule has 0 atom stereocenters. The predicted octanol–water partition coefficient (Wildman–Crippen LogP) is 2.91. The number of aromatic nitrogens is 2. The number of nitrogens with one attached hydrogen (secondary N) is 2. The van der Waals surface area contributed by atoms with Crippen LogP contribution in [0.1, 0.15) is 16.2 Å². The van der Waals surface area contributed by atoms with E-state index in [9.17, 15) is 4.79 Å². The molecule has 7 nitrogen and oxygen atoms in total. The summed E-state index contributed by atoms with van der Waals surface area (Å²) in [5.41, 5.74) is 1.97. The number of nitrogens with zero attached hydrogens (tertiary/aromatic N) is 2. The third-order valence-corrected chi connectivity index (χ3v) is 3.91. The number of ether oxygens (including phenoxy) is 2. The summed E-state index contributed by atoms with van der Waals surface area (Å²) in [6, 6.07) is 16.5. The van der Waals surface area contributed by atoms with Gasteiger partial charge < -0.3 is 20.1 Å². The fourth-order valence-electron chi connectivity index (χ4n) is 2.43. The van der Waals surface area contributed by atoms with Crippen LogP contribution in [0.5, 0.6) is 11.5 Å². The van der Waals surface area contributed by atoms with Gasteiger partial charge >= 0.3 is 0 Å². The average molecular weight is 378 g/mol. The molecule has 0 saturated carbocycles.